The highest BCUT2D eigenvalue weighted by Crippen LogP contribution is 2.29. The lowest BCUT2D eigenvalue weighted by molar-refractivity contribution is 0.0633. The molecule has 1 aliphatic rings. The largest absolute Gasteiger partial charge is 0.366 e. The van der Waals surface area contributed by atoms with Gasteiger partial charge < -0.3 is 16.4 Å². The number of carbonyl (C=O) groups is 3. The molecule has 0 bridgehead atoms. The molecule has 1 aliphatic heterocycles. The van der Waals surface area contributed by atoms with Crippen molar-refractivity contribution >= 4 is 56.6 Å². The van der Waals surface area contributed by atoms with Crippen LogP contribution in [-0.4, -0.2) is 37.6 Å². The molecule has 3 heterocycles. The van der Waals surface area contributed by atoms with Gasteiger partial charge in [0, 0.05) is 23.2 Å². The molecular formula is C28H21N7O3S. The maximum atomic E-state index is 13.0. The molecule has 0 fully saturated rings. The highest BCUT2D eigenvalue weighted by atomic mass is 32.1. The molecule has 0 saturated heterocycles. The summed E-state index contributed by atoms with van der Waals surface area (Å²) in [6, 6.07) is 20.2. The average molecular weight is 536 g/mol. The zero-order valence-corrected chi connectivity index (χ0v) is 21.2. The zero-order valence-electron chi connectivity index (χ0n) is 20.4. The van der Waals surface area contributed by atoms with E-state index in [0.29, 0.717) is 44.4 Å². The molecule has 39 heavy (non-hydrogen) atoms. The Morgan fingerprint density at radius 2 is 1.85 bits per heavy atom. The maximum absolute atomic E-state index is 13.0. The number of anilines is 3. The molecule has 11 heteroatoms. The van der Waals surface area contributed by atoms with Gasteiger partial charge >= 0.3 is 0 Å². The van der Waals surface area contributed by atoms with Crippen molar-refractivity contribution in [3.8, 4) is 0 Å². The van der Waals surface area contributed by atoms with Crippen molar-refractivity contribution in [3.63, 3.8) is 0 Å². The molecule has 3 aromatic carbocycles. The van der Waals surface area contributed by atoms with Crippen molar-refractivity contribution in [2.45, 2.75) is 13.1 Å². The van der Waals surface area contributed by atoms with Crippen molar-refractivity contribution in [1.82, 2.24) is 19.9 Å². The van der Waals surface area contributed by atoms with E-state index in [2.05, 4.69) is 25.6 Å². The molecule has 0 atom stereocenters. The van der Waals surface area contributed by atoms with E-state index in [-0.39, 0.29) is 18.4 Å². The van der Waals surface area contributed by atoms with E-state index in [1.807, 2.05) is 42.5 Å². The van der Waals surface area contributed by atoms with Crippen LogP contribution in [0, 0.1) is 0 Å². The summed E-state index contributed by atoms with van der Waals surface area (Å²) >= 11 is 1.19. The summed E-state index contributed by atoms with van der Waals surface area (Å²) in [4.78, 5) is 51.9. The Kier molecular flexibility index (Phi) is 6.17. The average Bonchev–Trinajstić information content (AvgIpc) is 3.56. The van der Waals surface area contributed by atoms with Gasteiger partial charge in [-0.15, -0.1) is 0 Å². The second kappa shape index (κ2) is 9.95. The van der Waals surface area contributed by atoms with Gasteiger partial charge in [-0.3, -0.25) is 19.3 Å². The third-order valence-corrected chi connectivity index (χ3v) is 7.25. The van der Waals surface area contributed by atoms with Gasteiger partial charge in [0.1, 0.15) is 17.0 Å². The number of primary amides is 1. The third-order valence-electron chi connectivity index (χ3n) is 6.35. The van der Waals surface area contributed by atoms with E-state index in [4.69, 9.17) is 5.73 Å². The van der Waals surface area contributed by atoms with Crippen LogP contribution in [0.1, 0.15) is 41.5 Å². The summed E-state index contributed by atoms with van der Waals surface area (Å²) in [7, 11) is 0. The second-order valence-corrected chi connectivity index (χ2v) is 9.88. The Morgan fingerprint density at radius 3 is 2.69 bits per heavy atom. The van der Waals surface area contributed by atoms with Gasteiger partial charge in [0.15, 0.2) is 5.13 Å². The first-order valence-corrected chi connectivity index (χ1v) is 12.8. The highest BCUT2D eigenvalue weighted by molar-refractivity contribution is 7.17. The standard InChI is InChI=1S/C28H21N7O3S/c29-24(36)20-9-4-10-21-23(20)32-15-33-25(21)30-12-16-5-3-7-18(11-16)34-28-31-13-22(39-28)27(38)35-14-17-6-1-2-8-19(17)26(35)37/h1-11,13,15H,12,14H2,(H2,29,36)(H,31,34)(H,30,32,33). The summed E-state index contributed by atoms with van der Waals surface area (Å²) in [5.41, 5.74) is 9.46. The zero-order chi connectivity index (χ0) is 26.9. The number of fused-ring (bicyclic) bond motifs is 2. The molecule has 192 valence electrons. The molecule has 5 aromatic rings. The number of para-hydroxylation sites is 1. The van der Waals surface area contributed by atoms with Crippen molar-refractivity contribution in [2.24, 2.45) is 5.73 Å². The predicted octanol–water partition coefficient (Wildman–Crippen LogP) is 4.34. The molecule has 0 radical (unpaired) electrons. The van der Waals surface area contributed by atoms with Gasteiger partial charge in [-0.1, -0.05) is 47.7 Å². The summed E-state index contributed by atoms with van der Waals surface area (Å²) in [5.74, 6) is -0.617. The van der Waals surface area contributed by atoms with E-state index in [1.54, 1.807) is 24.3 Å². The topological polar surface area (TPSA) is 143 Å². The number of imide groups is 1. The van der Waals surface area contributed by atoms with Crippen LogP contribution in [0.2, 0.25) is 0 Å². The van der Waals surface area contributed by atoms with Gasteiger partial charge in [-0.2, -0.15) is 0 Å². The molecule has 6 rings (SSSR count). The summed E-state index contributed by atoms with van der Waals surface area (Å²) < 4.78 is 0. The summed E-state index contributed by atoms with van der Waals surface area (Å²) in [6.07, 6.45) is 2.88. The minimum absolute atomic E-state index is 0.259. The molecule has 4 N–H and O–H groups in total. The fourth-order valence-electron chi connectivity index (χ4n) is 4.48. The van der Waals surface area contributed by atoms with Gasteiger partial charge in [0.25, 0.3) is 17.7 Å². The smallest absolute Gasteiger partial charge is 0.272 e. The maximum Gasteiger partial charge on any atom is 0.272 e. The van der Waals surface area contributed by atoms with Crippen LogP contribution in [0.15, 0.2) is 79.3 Å². The Labute approximate surface area is 226 Å². The monoisotopic (exact) mass is 535 g/mol. The van der Waals surface area contributed by atoms with Crippen LogP contribution in [-0.2, 0) is 13.1 Å². The van der Waals surface area contributed by atoms with Crippen LogP contribution in [0.5, 0.6) is 0 Å². The number of carbonyl (C=O) groups excluding carboxylic acids is 3. The van der Waals surface area contributed by atoms with Crippen LogP contribution in [0.4, 0.5) is 16.6 Å². The van der Waals surface area contributed by atoms with Crippen LogP contribution >= 0.6 is 11.3 Å². The minimum Gasteiger partial charge on any atom is -0.366 e. The summed E-state index contributed by atoms with van der Waals surface area (Å²) in [5, 5.41) is 7.76. The predicted molar refractivity (Wildman–Crippen MR) is 148 cm³/mol. The highest BCUT2D eigenvalue weighted by Gasteiger charge is 2.33. The third kappa shape index (κ3) is 4.66. The summed E-state index contributed by atoms with van der Waals surface area (Å²) in [6.45, 7) is 0.719. The molecule has 10 nitrogen and oxygen atoms in total. The number of nitrogens with one attached hydrogen (secondary N) is 2. The number of benzene rings is 3. The van der Waals surface area contributed by atoms with Gasteiger partial charge in [-0.05, 0) is 41.5 Å². The SMILES string of the molecule is NC(=O)c1cccc2c(NCc3cccc(Nc4ncc(C(=O)N5Cc6ccccc6C5=O)s4)c3)ncnc12. The number of hydrogen-bond donors (Lipinski definition) is 3. The molecular weight excluding hydrogens is 514 g/mol. The van der Waals surface area contributed by atoms with Gasteiger partial charge in [0.05, 0.1) is 23.8 Å². The van der Waals surface area contributed by atoms with Crippen LogP contribution < -0.4 is 16.4 Å². The Balaban J connectivity index is 1.14. The van der Waals surface area contributed by atoms with Crippen molar-refractivity contribution in [2.75, 3.05) is 10.6 Å². The van der Waals surface area contributed by atoms with E-state index in [0.717, 1.165) is 16.8 Å². The number of nitrogens with two attached hydrogens (primary N) is 1. The lowest BCUT2D eigenvalue weighted by Gasteiger charge is -2.11. The van der Waals surface area contributed by atoms with E-state index in [1.165, 1.54) is 28.8 Å². The fourth-order valence-corrected chi connectivity index (χ4v) is 5.26. The lowest BCUT2D eigenvalue weighted by atomic mass is 10.1. The first-order valence-electron chi connectivity index (χ1n) is 12.0. The Morgan fingerprint density at radius 1 is 1.00 bits per heavy atom. The first-order chi connectivity index (χ1) is 19.0. The molecule has 0 spiro atoms. The number of hydrogen-bond acceptors (Lipinski definition) is 9. The van der Waals surface area contributed by atoms with E-state index < -0.39 is 5.91 Å². The van der Waals surface area contributed by atoms with E-state index >= 15 is 0 Å². The number of amides is 3. The van der Waals surface area contributed by atoms with Crippen LogP contribution in [0.3, 0.4) is 0 Å². The Bertz CT molecular complexity index is 1770. The molecule has 0 unspecified atom stereocenters. The van der Waals surface area contributed by atoms with Crippen molar-refractivity contribution in [1.29, 1.82) is 0 Å². The molecule has 3 amide bonds. The molecule has 0 aliphatic carbocycles. The number of thiazole rings is 1. The second-order valence-electron chi connectivity index (χ2n) is 8.85. The minimum atomic E-state index is -0.548. The number of nitrogens with zero attached hydrogens (tertiary/aromatic N) is 4. The van der Waals surface area contributed by atoms with Crippen molar-refractivity contribution in [3.05, 3.63) is 106 Å². The normalized spacial score (nSPS) is 12.4. The Hall–Kier alpha value is -5.16. The first kappa shape index (κ1) is 24.2. The van der Waals surface area contributed by atoms with E-state index in [9.17, 15) is 14.4 Å². The number of rotatable bonds is 7. The quantitative estimate of drug-likeness (QED) is 0.261. The van der Waals surface area contributed by atoms with Gasteiger partial charge in [-0.25, -0.2) is 15.0 Å². The van der Waals surface area contributed by atoms with Crippen LogP contribution in [0.25, 0.3) is 10.9 Å². The van der Waals surface area contributed by atoms with Gasteiger partial charge in [0.2, 0.25) is 0 Å². The number of aromatic nitrogens is 3. The molecule has 2 aromatic heterocycles. The molecule has 0 saturated carbocycles. The lowest BCUT2D eigenvalue weighted by Crippen LogP contribution is -2.30. The fraction of sp³-hybridized carbons (Fsp3) is 0.0714. The van der Waals surface area contributed by atoms with Crippen molar-refractivity contribution < 1.29 is 14.4 Å².